The Labute approximate surface area is 174 Å². The van der Waals surface area contributed by atoms with Gasteiger partial charge in [-0.05, 0) is 44.7 Å². The predicted octanol–water partition coefficient (Wildman–Crippen LogP) is 4.21. The summed E-state index contributed by atoms with van der Waals surface area (Å²) in [6, 6.07) is 9.81. The van der Waals surface area contributed by atoms with Gasteiger partial charge in [0.05, 0.1) is 36.1 Å². The fourth-order valence-electron chi connectivity index (χ4n) is 2.48. The van der Waals surface area contributed by atoms with Crippen LogP contribution in [0.5, 0.6) is 5.75 Å². The molecule has 0 aromatic heterocycles. The van der Waals surface area contributed by atoms with E-state index in [0.717, 1.165) is 5.56 Å². The number of ether oxygens (including phenoxy) is 1. The Morgan fingerprint density at radius 2 is 1.79 bits per heavy atom. The lowest BCUT2D eigenvalue weighted by atomic mass is 10.2. The van der Waals surface area contributed by atoms with Crippen molar-refractivity contribution in [3.05, 3.63) is 52.0 Å². The number of hydrogen-bond acceptors (Lipinski definition) is 4. The molecule has 2 N–H and O–H groups in total. The first-order valence-electron chi connectivity index (χ1n) is 8.62. The summed E-state index contributed by atoms with van der Waals surface area (Å²) < 4.78 is 5.28. The van der Waals surface area contributed by atoms with Crippen molar-refractivity contribution in [3.63, 3.8) is 0 Å². The second kappa shape index (κ2) is 9.78. The van der Waals surface area contributed by atoms with E-state index in [2.05, 4.69) is 10.6 Å². The van der Waals surface area contributed by atoms with Gasteiger partial charge in [0.1, 0.15) is 5.75 Å². The first kappa shape index (κ1) is 22.0. The fourth-order valence-corrected chi connectivity index (χ4v) is 2.82. The lowest BCUT2D eigenvalue weighted by Crippen LogP contribution is -2.43. The Bertz CT molecular complexity index is 874. The molecule has 0 spiro atoms. The molecule has 0 aliphatic carbocycles. The quantitative estimate of drug-likeness (QED) is 0.699. The number of rotatable bonds is 7. The van der Waals surface area contributed by atoms with Crippen LogP contribution in [0.3, 0.4) is 0 Å². The molecule has 0 aliphatic heterocycles. The standard InChI is InChI=1S/C20H23Cl2N3O3/c1-12-9-17(18(28-4)10-15(12)22)24-20(27)13(2)25(3)11-19(26)23-16-8-6-5-7-14(16)21/h5-10,13H,11H2,1-4H3,(H,23,26)(H,24,27). The van der Waals surface area contributed by atoms with Gasteiger partial charge in [-0.3, -0.25) is 14.5 Å². The first-order valence-corrected chi connectivity index (χ1v) is 9.38. The number of amides is 2. The zero-order chi connectivity index (χ0) is 20.8. The van der Waals surface area contributed by atoms with Gasteiger partial charge in [-0.15, -0.1) is 0 Å². The summed E-state index contributed by atoms with van der Waals surface area (Å²) in [7, 11) is 3.20. The third kappa shape index (κ3) is 5.61. The van der Waals surface area contributed by atoms with Crippen molar-refractivity contribution < 1.29 is 14.3 Å². The summed E-state index contributed by atoms with van der Waals surface area (Å²) in [5, 5.41) is 6.57. The van der Waals surface area contributed by atoms with Crippen molar-refractivity contribution in [2.45, 2.75) is 19.9 Å². The zero-order valence-electron chi connectivity index (χ0n) is 16.2. The number of hydrogen-bond donors (Lipinski definition) is 2. The number of nitrogens with one attached hydrogen (secondary N) is 2. The maximum absolute atomic E-state index is 12.6. The maximum atomic E-state index is 12.6. The van der Waals surface area contributed by atoms with E-state index in [0.29, 0.717) is 27.2 Å². The minimum Gasteiger partial charge on any atom is -0.495 e. The van der Waals surface area contributed by atoms with Crippen LogP contribution in [0.25, 0.3) is 0 Å². The maximum Gasteiger partial charge on any atom is 0.241 e. The smallest absolute Gasteiger partial charge is 0.241 e. The molecule has 0 heterocycles. The summed E-state index contributed by atoms with van der Waals surface area (Å²) >= 11 is 12.1. The Hall–Kier alpha value is -2.28. The third-order valence-electron chi connectivity index (χ3n) is 4.32. The van der Waals surface area contributed by atoms with E-state index >= 15 is 0 Å². The summed E-state index contributed by atoms with van der Waals surface area (Å²) in [6.45, 7) is 3.58. The lowest BCUT2D eigenvalue weighted by Gasteiger charge is -2.24. The van der Waals surface area contributed by atoms with Gasteiger partial charge in [-0.1, -0.05) is 35.3 Å². The van der Waals surface area contributed by atoms with Gasteiger partial charge >= 0.3 is 0 Å². The zero-order valence-corrected chi connectivity index (χ0v) is 17.7. The van der Waals surface area contributed by atoms with Crippen LogP contribution in [0.4, 0.5) is 11.4 Å². The number of benzene rings is 2. The van der Waals surface area contributed by atoms with E-state index in [1.54, 1.807) is 55.3 Å². The molecule has 8 heteroatoms. The third-order valence-corrected chi connectivity index (χ3v) is 5.06. The Balaban J connectivity index is 2.00. The van der Waals surface area contributed by atoms with Crippen molar-refractivity contribution in [1.29, 1.82) is 0 Å². The number of carbonyl (C=O) groups is 2. The van der Waals surface area contributed by atoms with Crippen molar-refractivity contribution >= 4 is 46.4 Å². The molecule has 1 unspecified atom stereocenters. The number of aryl methyl sites for hydroxylation is 1. The predicted molar refractivity (Wildman–Crippen MR) is 114 cm³/mol. The molecule has 2 rings (SSSR count). The van der Waals surface area contributed by atoms with E-state index in [4.69, 9.17) is 27.9 Å². The largest absolute Gasteiger partial charge is 0.495 e. The minimum absolute atomic E-state index is 0.0244. The topological polar surface area (TPSA) is 70.7 Å². The van der Waals surface area contributed by atoms with Crippen LogP contribution in [-0.2, 0) is 9.59 Å². The second-order valence-corrected chi connectivity index (χ2v) is 7.22. The van der Waals surface area contributed by atoms with Gasteiger partial charge in [0.25, 0.3) is 0 Å². The molecule has 0 aliphatic rings. The van der Waals surface area contributed by atoms with Gasteiger partial charge in [0.15, 0.2) is 0 Å². The number of halogens is 2. The lowest BCUT2D eigenvalue weighted by molar-refractivity contribution is -0.122. The summed E-state index contributed by atoms with van der Waals surface area (Å²) in [5.74, 6) is -0.0708. The highest BCUT2D eigenvalue weighted by molar-refractivity contribution is 6.33. The molecule has 0 fully saturated rings. The van der Waals surface area contributed by atoms with Crippen molar-refractivity contribution in [2.75, 3.05) is 31.3 Å². The van der Waals surface area contributed by atoms with Crippen molar-refractivity contribution in [1.82, 2.24) is 4.90 Å². The van der Waals surface area contributed by atoms with Gasteiger partial charge < -0.3 is 15.4 Å². The molecule has 2 aromatic rings. The highest BCUT2D eigenvalue weighted by Crippen LogP contribution is 2.31. The number of methoxy groups -OCH3 is 1. The average molecular weight is 424 g/mol. The highest BCUT2D eigenvalue weighted by Gasteiger charge is 2.22. The molecule has 1 atom stereocenters. The molecule has 0 saturated carbocycles. The molecule has 0 radical (unpaired) electrons. The molecule has 150 valence electrons. The van der Waals surface area contributed by atoms with E-state index < -0.39 is 6.04 Å². The number of nitrogens with zero attached hydrogens (tertiary/aromatic N) is 1. The van der Waals surface area contributed by atoms with Gasteiger partial charge in [0, 0.05) is 11.1 Å². The van der Waals surface area contributed by atoms with Crippen LogP contribution in [-0.4, -0.2) is 43.5 Å². The molecular weight excluding hydrogens is 401 g/mol. The monoisotopic (exact) mass is 423 g/mol. The van der Waals surface area contributed by atoms with Crippen molar-refractivity contribution in [3.8, 4) is 5.75 Å². The van der Waals surface area contributed by atoms with Crippen LogP contribution in [0.15, 0.2) is 36.4 Å². The second-order valence-electron chi connectivity index (χ2n) is 6.41. The van der Waals surface area contributed by atoms with E-state index in [1.165, 1.54) is 7.11 Å². The van der Waals surface area contributed by atoms with Crippen molar-refractivity contribution in [2.24, 2.45) is 0 Å². The Kier molecular flexibility index (Phi) is 7.69. The highest BCUT2D eigenvalue weighted by atomic mass is 35.5. The normalized spacial score (nSPS) is 11.8. The van der Waals surface area contributed by atoms with Crippen LogP contribution < -0.4 is 15.4 Å². The molecule has 0 saturated heterocycles. The number of likely N-dealkylation sites (N-methyl/N-ethyl adjacent to an activating group) is 1. The van der Waals surface area contributed by atoms with Crippen LogP contribution >= 0.6 is 23.2 Å². The summed E-state index contributed by atoms with van der Waals surface area (Å²) in [5.41, 5.74) is 1.87. The van der Waals surface area contributed by atoms with Gasteiger partial charge in [-0.25, -0.2) is 0 Å². The molecule has 0 bridgehead atoms. The van der Waals surface area contributed by atoms with Crippen LogP contribution in [0.1, 0.15) is 12.5 Å². The average Bonchev–Trinajstić information content (AvgIpc) is 2.65. The molecule has 6 nitrogen and oxygen atoms in total. The number of anilines is 2. The van der Waals surface area contributed by atoms with E-state index in [9.17, 15) is 9.59 Å². The Morgan fingerprint density at radius 3 is 2.43 bits per heavy atom. The fraction of sp³-hybridized carbons (Fsp3) is 0.300. The Morgan fingerprint density at radius 1 is 1.11 bits per heavy atom. The molecule has 2 aromatic carbocycles. The minimum atomic E-state index is -0.558. The number of carbonyl (C=O) groups excluding carboxylic acids is 2. The van der Waals surface area contributed by atoms with Gasteiger partial charge in [0.2, 0.25) is 11.8 Å². The van der Waals surface area contributed by atoms with Crippen LogP contribution in [0, 0.1) is 6.92 Å². The number of para-hydroxylation sites is 1. The first-order chi connectivity index (χ1) is 13.2. The molecular formula is C20H23Cl2N3O3. The SMILES string of the molecule is COc1cc(Cl)c(C)cc1NC(=O)C(C)N(C)CC(=O)Nc1ccccc1Cl. The molecule has 28 heavy (non-hydrogen) atoms. The van der Waals surface area contributed by atoms with E-state index in [1.807, 2.05) is 6.92 Å². The summed E-state index contributed by atoms with van der Waals surface area (Å²) in [6.07, 6.45) is 0. The van der Waals surface area contributed by atoms with E-state index in [-0.39, 0.29) is 18.4 Å². The summed E-state index contributed by atoms with van der Waals surface area (Å²) in [4.78, 5) is 26.5. The van der Waals surface area contributed by atoms with Gasteiger partial charge in [-0.2, -0.15) is 0 Å². The molecule has 2 amide bonds. The van der Waals surface area contributed by atoms with Crippen LogP contribution in [0.2, 0.25) is 10.0 Å².